The molecule has 0 aromatic heterocycles. The molecule has 1 aromatic rings. The third-order valence-corrected chi connectivity index (χ3v) is 7.14. The Morgan fingerprint density at radius 2 is 2.17 bits per heavy atom. The van der Waals surface area contributed by atoms with Crippen molar-refractivity contribution in [2.75, 3.05) is 13.7 Å². The lowest BCUT2D eigenvalue weighted by atomic mass is 9.52. The highest BCUT2D eigenvalue weighted by Crippen LogP contribution is 2.54. The number of methoxy groups -OCH3 is 1. The molecule has 5 rings (SSSR count). The summed E-state index contributed by atoms with van der Waals surface area (Å²) in [5.41, 5.74) is 4.58. The number of Topliss-reactive ketones (excluding diaryl/α,β-unsaturated/α-hetero) is 1. The van der Waals surface area contributed by atoms with Gasteiger partial charge in [-0.15, -0.1) is 0 Å². The first-order valence-corrected chi connectivity index (χ1v) is 9.65. The van der Waals surface area contributed by atoms with E-state index in [4.69, 9.17) is 4.74 Å². The predicted octanol–water partition coefficient (Wildman–Crippen LogP) is 3.17. The number of piperidine rings is 1. The average Bonchev–Trinajstić information content (AvgIpc) is 3.38. The molecule has 2 saturated carbocycles. The SMILES string of the molecule is COc1cc(CC2CC2)c2c(c1)C13CCNC(C2)C1CCC(=O)C3. The van der Waals surface area contributed by atoms with Gasteiger partial charge in [-0.2, -0.15) is 0 Å². The van der Waals surface area contributed by atoms with Gasteiger partial charge in [-0.25, -0.2) is 0 Å². The highest BCUT2D eigenvalue weighted by Gasteiger charge is 2.53. The number of nitrogens with one attached hydrogen (secondary N) is 1. The second-order valence-electron chi connectivity index (χ2n) is 8.49. The van der Waals surface area contributed by atoms with Crippen LogP contribution in [0.5, 0.6) is 5.75 Å². The third-order valence-electron chi connectivity index (χ3n) is 7.14. The zero-order chi connectivity index (χ0) is 16.3. The van der Waals surface area contributed by atoms with Gasteiger partial charge in [0.2, 0.25) is 0 Å². The maximum Gasteiger partial charge on any atom is 0.133 e. The van der Waals surface area contributed by atoms with Crippen LogP contribution in [0.3, 0.4) is 0 Å². The number of carbonyl (C=O) groups is 1. The number of ether oxygens (including phenoxy) is 1. The zero-order valence-electron chi connectivity index (χ0n) is 14.6. The van der Waals surface area contributed by atoms with Crippen molar-refractivity contribution >= 4 is 5.78 Å². The van der Waals surface area contributed by atoms with Gasteiger partial charge in [0.05, 0.1) is 7.11 Å². The van der Waals surface area contributed by atoms with E-state index in [0.717, 1.165) is 50.3 Å². The normalized spacial score (nSPS) is 34.5. The van der Waals surface area contributed by atoms with E-state index in [1.54, 1.807) is 12.7 Å². The lowest BCUT2D eigenvalue weighted by Crippen LogP contribution is -2.60. The molecule has 2 bridgehead atoms. The molecule has 0 spiro atoms. The minimum Gasteiger partial charge on any atom is -0.497 e. The number of hydrogen-bond donors (Lipinski definition) is 1. The number of carbonyl (C=O) groups excluding carboxylic acids is 1. The standard InChI is InChI=1S/C21H27NO2/c1-24-16-9-14(8-13-2-3-13)17-11-20-18-5-4-15(23)12-21(18,6-7-22-20)19(17)10-16/h9-10,13,18,20,22H,2-8,11-12H2,1H3. The highest BCUT2D eigenvalue weighted by molar-refractivity contribution is 5.81. The van der Waals surface area contributed by atoms with Crippen molar-refractivity contribution in [2.45, 2.75) is 62.8 Å². The van der Waals surface area contributed by atoms with Gasteiger partial charge in [0.15, 0.2) is 0 Å². The van der Waals surface area contributed by atoms with E-state index < -0.39 is 0 Å². The van der Waals surface area contributed by atoms with Crippen molar-refractivity contribution in [3.05, 3.63) is 28.8 Å². The highest BCUT2D eigenvalue weighted by atomic mass is 16.5. The molecule has 3 aliphatic carbocycles. The van der Waals surface area contributed by atoms with E-state index >= 15 is 0 Å². The monoisotopic (exact) mass is 325 g/mol. The molecule has 3 fully saturated rings. The van der Waals surface area contributed by atoms with E-state index in [-0.39, 0.29) is 5.41 Å². The summed E-state index contributed by atoms with van der Waals surface area (Å²) in [5.74, 6) is 2.95. The minimum absolute atomic E-state index is 0.0751. The quantitative estimate of drug-likeness (QED) is 0.928. The van der Waals surface area contributed by atoms with Crippen molar-refractivity contribution in [1.29, 1.82) is 0 Å². The molecule has 0 amide bonds. The Kier molecular flexibility index (Phi) is 3.31. The zero-order valence-corrected chi connectivity index (χ0v) is 14.6. The summed E-state index contributed by atoms with van der Waals surface area (Å²) in [5, 5.41) is 3.78. The van der Waals surface area contributed by atoms with Gasteiger partial charge in [-0.1, -0.05) is 0 Å². The summed E-state index contributed by atoms with van der Waals surface area (Å²) < 4.78 is 5.66. The molecule has 1 N–H and O–H groups in total. The molecule has 4 aliphatic rings. The number of hydrogen-bond acceptors (Lipinski definition) is 3. The number of fused-ring (bicyclic) bond motifs is 1. The molecule has 3 atom stereocenters. The summed E-state index contributed by atoms with van der Waals surface area (Å²) in [6.45, 7) is 1.04. The van der Waals surface area contributed by atoms with Gasteiger partial charge in [-0.3, -0.25) is 4.79 Å². The maximum atomic E-state index is 12.4. The summed E-state index contributed by atoms with van der Waals surface area (Å²) in [4.78, 5) is 12.4. The molecule has 128 valence electrons. The minimum atomic E-state index is 0.0751. The summed E-state index contributed by atoms with van der Waals surface area (Å²) in [7, 11) is 1.78. The molecule has 24 heavy (non-hydrogen) atoms. The molecule has 1 aliphatic heterocycles. The Hall–Kier alpha value is -1.35. The van der Waals surface area contributed by atoms with Crippen LogP contribution in [-0.4, -0.2) is 25.5 Å². The van der Waals surface area contributed by atoms with E-state index in [1.807, 2.05) is 0 Å². The van der Waals surface area contributed by atoms with E-state index in [0.29, 0.717) is 17.7 Å². The predicted molar refractivity (Wildman–Crippen MR) is 93.6 cm³/mol. The Bertz CT molecular complexity index is 693. The molecule has 1 aromatic carbocycles. The van der Waals surface area contributed by atoms with Gasteiger partial charge < -0.3 is 10.1 Å². The van der Waals surface area contributed by atoms with Crippen LogP contribution in [-0.2, 0) is 23.1 Å². The molecule has 3 nitrogen and oxygen atoms in total. The second kappa shape index (κ2) is 5.32. The van der Waals surface area contributed by atoms with Crippen LogP contribution in [0.25, 0.3) is 0 Å². The molecular formula is C21H27NO2. The van der Waals surface area contributed by atoms with Crippen molar-refractivity contribution in [1.82, 2.24) is 5.32 Å². The third kappa shape index (κ3) is 2.17. The lowest BCUT2D eigenvalue weighted by Gasteiger charge is -2.55. The molecule has 1 saturated heterocycles. The Morgan fingerprint density at radius 3 is 2.96 bits per heavy atom. The molecule has 3 unspecified atom stereocenters. The number of rotatable bonds is 3. The van der Waals surface area contributed by atoms with Crippen LogP contribution in [0, 0.1) is 11.8 Å². The van der Waals surface area contributed by atoms with Gasteiger partial charge in [-0.05, 0) is 85.7 Å². The Balaban J connectivity index is 1.68. The van der Waals surface area contributed by atoms with Crippen molar-refractivity contribution < 1.29 is 9.53 Å². The second-order valence-corrected chi connectivity index (χ2v) is 8.49. The fourth-order valence-corrected chi connectivity index (χ4v) is 5.83. The Morgan fingerprint density at radius 1 is 1.29 bits per heavy atom. The first kappa shape index (κ1) is 14.9. The van der Waals surface area contributed by atoms with Gasteiger partial charge >= 0.3 is 0 Å². The van der Waals surface area contributed by atoms with Crippen molar-refractivity contribution in [3.63, 3.8) is 0 Å². The topological polar surface area (TPSA) is 38.3 Å². The summed E-state index contributed by atoms with van der Waals surface area (Å²) in [6, 6.07) is 5.11. The number of benzene rings is 1. The largest absolute Gasteiger partial charge is 0.497 e. The van der Waals surface area contributed by atoms with Crippen molar-refractivity contribution in [2.24, 2.45) is 11.8 Å². The van der Waals surface area contributed by atoms with Crippen molar-refractivity contribution in [3.8, 4) is 5.75 Å². The fraction of sp³-hybridized carbons (Fsp3) is 0.667. The van der Waals surface area contributed by atoms with Gasteiger partial charge in [0.25, 0.3) is 0 Å². The van der Waals surface area contributed by atoms with E-state index in [9.17, 15) is 4.79 Å². The molecule has 0 radical (unpaired) electrons. The summed E-state index contributed by atoms with van der Waals surface area (Å²) in [6.07, 6.45) is 8.77. The van der Waals surface area contributed by atoms with Crippen LogP contribution in [0.2, 0.25) is 0 Å². The molecule has 3 heteroatoms. The van der Waals surface area contributed by atoms with Crippen LogP contribution < -0.4 is 10.1 Å². The van der Waals surface area contributed by atoms with Crippen LogP contribution in [0.1, 0.15) is 55.2 Å². The van der Waals surface area contributed by atoms with E-state index in [2.05, 4.69) is 17.4 Å². The smallest absolute Gasteiger partial charge is 0.133 e. The average molecular weight is 325 g/mol. The summed E-state index contributed by atoms with van der Waals surface area (Å²) >= 11 is 0. The Labute approximate surface area is 144 Å². The van der Waals surface area contributed by atoms with E-state index in [1.165, 1.54) is 30.4 Å². The van der Waals surface area contributed by atoms with Crippen LogP contribution in [0.15, 0.2) is 12.1 Å². The first-order valence-electron chi connectivity index (χ1n) is 9.65. The first-order chi connectivity index (χ1) is 11.7. The fourth-order valence-electron chi connectivity index (χ4n) is 5.83. The van der Waals surface area contributed by atoms with Crippen LogP contribution >= 0.6 is 0 Å². The number of ketones is 1. The van der Waals surface area contributed by atoms with Gasteiger partial charge in [0.1, 0.15) is 11.5 Å². The lowest BCUT2D eigenvalue weighted by molar-refractivity contribution is -0.125. The van der Waals surface area contributed by atoms with Gasteiger partial charge in [0, 0.05) is 24.3 Å². The molecule has 1 heterocycles. The van der Waals surface area contributed by atoms with Crippen LogP contribution in [0.4, 0.5) is 0 Å². The maximum absolute atomic E-state index is 12.4. The molecular weight excluding hydrogens is 298 g/mol.